The average molecular weight is 513 g/mol. The highest BCUT2D eigenvalue weighted by Gasteiger charge is 2.30. The van der Waals surface area contributed by atoms with E-state index in [-0.39, 0.29) is 12.0 Å². The van der Waals surface area contributed by atoms with Gasteiger partial charge in [0.05, 0.1) is 11.4 Å². The van der Waals surface area contributed by atoms with Gasteiger partial charge in [-0.1, -0.05) is 61.5 Å². The van der Waals surface area contributed by atoms with E-state index < -0.39 is 11.9 Å². The minimum atomic E-state index is -0.817. The lowest BCUT2D eigenvalue weighted by Gasteiger charge is -2.27. The second-order valence-corrected chi connectivity index (χ2v) is 10.6. The van der Waals surface area contributed by atoms with Crippen molar-refractivity contribution in [2.75, 3.05) is 6.54 Å². The second kappa shape index (κ2) is 10.6. The number of aromatic nitrogens is 3. The Hall–Kier alpha value is -3.71. The summed E-state index contributed by atoms with van der Waals surface area (Å²) in [6.45, 7) is 10.5. The lowest BCUT2D eigenvalue weighted by molar-refractivity contribution is -0.141. The van der Waals surface area contributed by atoms with Gasteiger partial charge in [-0.3, -0.25) is 9.69 Å². The van der Waals surface area contributed by atoms with Gasteiger partial charge in [-0.15, -0.1) is 5.10 Å². The number of carboxylic acid groups (broad SMARTS) is 1. The lowest BCUT2D eigenvalue weighted by Crippen LogP contribution is -2.32. The van der Waals surface area contributed by atoms with Gasteiger partial charge in [0.25, 0.3) is 0 Å². The molecule has 0 bridgehead atoms. The molecule has 7 heteroatoms. The molecule has 0 amide bonds. The third-order valence-electron chi connectivity index (χ3n) is 8.01. The third kappa shape index (κ3) is 4.90. The van der Waals surface area contributed by atoms with Gasteiger partial charge in [0, 0.05) is 38.2 Å². The van der Waals surface area contributed by atoms with Crippen LogP contribution in [0.15, 0.2) is 54.6 Å². The van der Waals surface area contributed by atoms with Crippen molar-refractivity contribution >= 4 is 17.0 Å². The summed E-state index contributed by atoms with van der Waals surface area (Å²) in [5.41, 5.74) is 8.31. The molecule has 0 fully saturated rings. The van der Waals surface area contributed by atoms with Gasteiger partial charge in [-0.05, 0) is 60.2 Å². The fourth-order valence-corrected chi connectivity index (χ4v) is 5.65. The predicted octanol–water partition coefficient (Wildman–Crippen LogP) is 5.61. The van der Waals surface area contributed by atoms with Crippen LogP contribution < -0.4 is 4.74 Å². The number of carbonyl (C=O) groups is 1. The topological polar surface area (TPSA) is 80.5 Å². The molecule has 0 radical (unpaired) electrons. The van der Waals surface area contributed by atoms with Gasteiger partial charge in [-0.25, -0.2) is 4.68 Å². The Morgan fingerprint density at radius 3 is 2.71 bits per heavy atom. The zero-order chi connectivity index (χ0) is 27.0. The molecule has 0 spiro atoms. The molecular formula is C31H36N4O3. The summed E-state index contributed by atoms with van der Waals surface area (Å²) in [4.78, 5) is 14.7. The van der Waals surface area contributed by atoms with E-state index in [0.717, 1.165) is 59.5 Å². The molecule has 198 valence electrons. The van der Waals surface area contributed by atoms with Crippen molar-refractivity contribution in [3.63, 3.8) is 0 Å². The minimum Gasteiger partial charge on any atom is -0.489 e. The SMILES string of the molecule is CC[C@@H]1CN(Cc2cc(C(c3ccc4c(nnn4C)c3C)C(C)C(=O)O)ccc2C)Cc2ccccc2O1. The van der Waals surface area contributed by atoms with Crippen LogP contribution in [0, 0.1) is 19.8 Å². The molecule has 1 aromatic heterocycles. The monoisotopic (exact) mass is 512 g/mol. The van der Waals surface area contributed by atoms with Gasteiger partial charge in [0.2, 0.25) is 0 Å². The Morgan fingerprint density at radius 1 is 1.16 bits per heavy atom. The van der Waals surface area contributed by atoms with Crippen LogP contribution in [0.25, 0.3) is 11.0 Å². The summed E-state index contributed by atoms with van der Waals surface area (Å²) in [5.74, 6) is -0.767. The molecule has 38 heavy (non-hydrogen) atoms. The number of hydrogen-bond acceptors (Lipinski definition) is 5. The van der Waals surface area contributed by atoms with Crippen LogP contribution >= 0.6 is 0 Å². The Labute approximate surface area is 224 Å². The molecule has 3 aromatic carbocycles. The summed E-state index contributed by atoms with van der Waals surface area (Å²) in [5, 5.41) is 18.6. The van der Waals surface area contributed by atoms with Crippen LogP contribution in [0.4, 0.5) is 0 Å². The first-order valence-corrected chi connectivity index (χ1v) is 13.3. The standard InChI is InChI=1S/C31H36N4O3/c1-6-25-18-35(16-23-9-7-8-10-28(23)38-25)17-24-15-22(12-11-19(24)2)29(21(4)31(36)37)26-13-14-27-30(20(26)3)32-33-34(27)5/h7-15,21,25,29H,6,16-18H2,1-5H3,(H,36,37)/t21?,25-,29?/m1/s1. The molecule has 2 unspecified atom stereocenters. The second-order valence-electron chi connectivity index (χ2n) is 10.6. The summed E-state index contributed by atoms with van der Waals surface area (Å²) in [7, 11) is 1.87. The number of carboxylic acids is 1. The number of ether oxygens (including phenoxy) is 1. The van der Waals surface area contributed by atoms with Crippen molar-refractivity contribution in [3.05, 3.63) is 88.0 Å². The molecule has 0 aliphatic carbocycles. The predicted molar refractivity (Wildman–Crippen MR) is 148 cm³/mol. The lowest BCUT2D eigenvalue weighted by atomic mass is 9.79. The summed E-state index contributed by atoms with van der Waals surface area (Å²) >= 11 is 0. The van der Waals surface area contributed by atoms with E-state index in [0.29, 0.717) is 0 Å². The van der Waals surface area contributed by atoms with Crippen LogP contribution in [-0.2, 0) is 24.9 Å². The fraction of sp³-hybridized carbons (Fsp3) is 0.387. The van der Waals surface area contributed by atoms with Crippen LogP contribution in [-0.4, -0.2) is 43.6 Å². The van der Waals surface area contributed by atoms with Gasteiger partial charge in [0.1, 0.15) is 17.4 Å². The minimum absolute atomic E-state index is 0.128. The normalized spacial score (nSPS) is 17.4. The van der Waals surface area contributed by atoms with E-state index in [4.69, 9.17) is 4.74 Å². The van der Waals surface area contributed by atoms with Crippen molar-refractivity contribution in [1.82, 2.24) is 19.9 Å². The highest BCUT2D eigenvalue weighted by Crippen LogP contribution is 2.37. The van der Waals surface area contributed by atoms with Crippen LogP contribution in [0.1, 0.15) is 59.6 Å². The zero-order valence-electron chi connectivity index (χ0n) is 22.8. The van der Waals surface area contributed by atoms with Gasteiger partial charge in [0.15, 0.2) is 0 Å². The number of hydrogen-bond donors (Lipinski definition) is 1. The highest BCUT2D eigenvalue weighted by atomic mass is 16.5. The number of fused-ring (bicyclic) bond motifs is 2. The Bertz CT molecular complexity index is 1480. The average Bonchev–Trinajstić information content (AvgIpc) is 3.18. The van der Waals surface area contributed by atoms with Crippen molar-refractivity contribution in [1.29, 1.82) is 0 Å². The van der Waals surface area contributed by atoms with Crippen molar-refractivity contribution in [3.8, 4) is 5.75 Å². The van der Waals surface area contributed by atoms with E-state index in [1.807, 2.05) is 32.2 Å². The Kier molecular flexibility index (Phi) is 7.21. The smallest absolute Gasteiger partial charge is 0.307 e. The van der Waals surface area contributed by atoms with Crippen molar-refractivity contribution in [2.45, 2.75) is 59.2 Å². The maximum Gasteiger partial charge on any atom is 0.307 e. The zero-order valence-corrected chi connectivity index (χ0v) is 22.8. The summed E-state index contributed by atoms with van der Waals surface area (Å²) in [6, 6.07) is 18.7. The summed E-state index contributed by atoms with van der Waals surface area (Å²) < 4.78 is 8.06. The van der Waals surface area contributed by atoms with Crippen molar-refractivity contribution < 1.29 is 14.6 Å². The number of benzene rings is 3. The molecule has 1 aliphatic rings. The van der Waals surface area contributed by atoms with Crippen LogP contribution in [0.5, 0.6) is 5.75 Å². The first-order chi connectivity index (χ1) is 18.3. The van der Waals surface area contributed by atoms with E-state index in [1.54, 1.807) is 11.6 Å². The van der Waals surface area contributed by atoms with Gasteiger partial charge in [-0.2, -0.15) is 0 Å². The first-order valence-electron chi connectivity index (χ1n) is 13.3. The quantitative estimate of drug-likeness (QED) is 0.347. The molecule has 7 nitrogen and oxygen atoms in total. The number of nitrogens with zero attached hydrogens (tertiary/aromatic N) is 4. The van der Waals surface area contributed by atoms with E-state index in [1.165, 1.54) is 16.7 Å². The molecule has 5 rings (SSSR count). The largest absolute Gasteiger partial charge is 0.489 e. The number of aliphatic carboxylic acids is 1. The molecule has 3 atom stereocenters. The van der Waals surface area contributed by atoms with Crippen LogP contribution in [0.3, 0.4) is 0 Å². The van der Waals surface area contributed by atoms with Gasteiger partial charge < -0.3 is 9.84 Å². The molecule has 4 aromatic rings. The molecular weight excluding hydrogens is 476 g/mol. The molecule has 1 aliphatic heterocycles. The van der Waals surface area contributed by atoms with Gasteiger partial charge >= 0.3 is 5.97 Å². The molecule has 0 saturated carbocycles. The van der Waals surface area contributed by atoms with E-state index >= 15 is 0 Å². The first kappa shape index (κ1) is 25.9. The van der Waals surface area contributed by atoms with E-state index in [2.05, 4.69) is 65.5 Å². The molecule has 1 N–H and O–H groups in total. The maximum absolute atomic E-state index is 12.3. The number of aryl methyl sites for hydroxylation is 3. The Morgan fingerprint density at radius 2 is 1.95 bits per heavy atom. The molecule has 0 saturated heterocycles. The van der Waals surface area contributed by atoms with Crippen molar-refractivity contribution in [2.24, 2.45) is 13.0 Å². The third-order valence-corrected chi connectivity index (χ3v) is 8.01. The number of rotatable bonds is 7. The number of para-hydroxylation sites is 1. The Balaban J connectivity index is 1.53. The summed E-state index contributed by atoms with van der Waals surface area (Å²) in [6.07, 6.45) is 1.06. The highest BCUT2D eigenvalue weighted by molar-refractivity contribution is 5.80. The van der Waals surface area contributed by atoms with Crippen LogP contribution in [0.2, 0.25) is 0 Å². The van der Waals surface area contributed by atoms with E-state index in [9.17, 15) is 9.90 Å². The maximum atomic E-state index is 12.3. The fourth-order valence-electron chi connectivity index (χ4n) is 5.65. The molecule has 2 heterocycles.